The van der Waals surface area contributed by atoms with Crippen molar-refractivity contribution in [3.8, 4) is 11.3 Å². The van der Waals surface area contributed by atoms with E-state index in [0.717, 1.165) is 33.3 Å². The molecule has 0 radical (unpaired) electrons. The molecule has 112 valence electrons. The van der Waals surface area contributed by atoms with E-state index in [-0.39, 0.29) is 5.56 Å². The molecule has 2 aromatic heterocycles. The Morgan fingerprint density at radius 1 is 0.913 bits per heavy atom. The Hall–Kier alpha value is -2.94. The first kappa shape index (κ1) is 13.7. The smallest absolute Gasteiger partial charge is 0.258 e. The van der Waals surface area contributed by atoms with Crippen LogP contribution in [0.2, 0.25) is 0 Å². The molecule has 23 heavy (non-hydrogen) atoms. The zero-order valence-electron chi connectivity index (χ0n) is 13.1. The lowest BCUT2D eigenvalue weighted by atomic mass is 10.0. The largest absolute Gasteiger partial charge is 0.269 e. The van der Waals surface area contributed by atoms with Crippen molar-refractivity contribution in [2.45, 2.75) is 13.8 Å². The van der Waals surface area contributed by atoms with Crippen LogP contribution in [0.15, 0.2) is 65.5 Å². The van der Waals surface area contributed by atoms with Crippen molar-refractivity contribution in [2.75, 3.05) is 0 Å². The van der Waals surface area contributed by atoms with Crippen LogP contribution < -0.4 is 5.56 Å². The maximum Gasteiger partial charge on any atom is 0.258 e. The average molecular weight is 300 g/mol. The van der Waals surface area contributed by atoms with Gasteiger partial charge < -0.3 is 0 Å². The molecule has 0 spiro atoms. The standard InChI is InChI=1S/C20H16N2O/c1-13-10-14(2)22-19(11-13)21-18(12-20(22)23)17-9-5-7-15-6-3-4-8-16(15)17/h3-12H,1-2H3. The van der Waals surface area contributed by atoms with Crippen molar-refractivity contribution in [1.29, 1.82) is 0 Å². The quantitative estimate of drug-likeness (QED) is 0.529. The van der Waals surface area contributed by atoms with Crippen molar-refractivity contribution >= 4 is 16.4 Å². The van der Waals surface area contributed by atoms with Crippen LogP contribution in [-0.2, 0) is 0 Å². The normalized spacial score (nSPS) is 11.2. The molecule has 3 heteroatoms. The molecule has 0 atom stereocenters. The van der Waals surface area contributed by atoms with Crippen molar-refractivity contribution in [2.24, 2.45) is 0 Å². The van der Waals surface area contributed by atoms with E-state index in [0.29, 0.717) is 5.65 Å². The third-order valence-corrected chi connectivity index (χ3v) is 4.16. The molecule has 0 amide bonds. The molecule has 0 aliphatic carbocycles. The van der Waals surface area contributed by atoms with Crippen molar-refractivity contribution < 1.29 is 0 Å². The second-order valence-corrected chi connectivity index (χ2v) is 5.87. The summed E-state index contributed by atoms with van der Waals surface area (Å²) in [6, 6.07) is 19.8. The van der Waals surface area contributed by atoms with E-state index in [1.54, 1.807) is 10.5 Å². The first-order valence-electron chi connectivity index (χ1n) is 7.63. The second-order valence-electron chi connectivity index (χ2n) is 5.87. The van der Waals surface area contributed by atoms with Gasteiger partial charge in [-0.2, -0.15) is 0 Å². The number of hydrogen-bond donors (Lipinski definition) is 0. The number of hydrogen-bond acceptors (Lipinski definition) is 2. The van der Waals surface area contributed by atoms with E-state index in [4.69, 9.17) is 4.98 Å². The predicted molar refractivity (Wildman–Crippen MR) is 93.9 cm³/mol. The molecule has 0 bridgehead atoms. The van der Waals surface area contributed by atoms with Crippen LogP contribution in [0.5, 0.6) is 0 Å². The van der Waals surface area contributed by atoms with Crippen LogP contribution in [0, 0.1) is 13.8 Å². The summed E-state index contributed by atoms with van der Waals surface area (Å²) in [5, 5.41) is 2.25. The van der Waals surface area contributed by atoms with Gasteiger partial charge in [-0.05, 0) is 42.3 Å². The van der Waals surface area contributed by atoms with Gasteiger partial charge in [0, 0.05) is 17.3 Å². The van der Waals surface area contributed by atoms with Gasteiger partial charge in [0.2, 0.25) is 0 Å². The van der Waals surface area contributed by atoms with Crippen molar-refractivity contribution in [1.82, 2.24) is 9.38 Å². The van der Waals surface area contributed by atoms with Crippen LogP contribution in [-0.4, -0.2) is 9.38 Å². The number of aryl methyl sites for hydroxylation is 2. The Morgan fingerprint density at radius 2 is 1.70 bits per heavy atom. The van der Waals surface area contributed by atoms with Gasteiger partial charge in [-0.3, -0.25) is 9.20 Å². The van der Waals surface area contributed by atoms with E-state index >= 15 is 0 Å². The predicted octanol–water partition coefficient (Wildman–Crippen LogP) is 4.13. The summed E-state index contributed by atoms with van der Waals surface area (Å²) in [5.41, 5.74) is 4.36. The number of rotatable bonds is 1. The first-order chi connectivity index (χ1) is 11.1. The Morgan fingerprint density at radius 3 is 2.57 bits per heavy atom. The summed E-state index contributed by atoms with van der Waals surface area (Å²) in [6.07, 6.45) is 0. The van der Waals surface area contributed by atoms with Crippen LogP contribution in [0.25, 0.3) is 27.7 Å². The van der Waals surface area contributed by atoms with Crippen molar-refractivity contribution in [3.63, 3.8) is 0 Å². The lowest BCUT2D eigenvalue weighted by molar-refractivity contribution is 0.987. The van der Waals surface area contributed by atoms with E-state index in [1.807, 2.05) is 50.2 Å². The molecule has 0 N–H and O–H groups in total. The summed E-state index contributed by atoms with van der Waals surface area (Å²) >= 11 is 0. The lowest BCUT2D eigenvalue weighted by Crippen LogP contribution is -2.17. The van der Waals surface area contributed by atoms with Gasteiger partial charge in [0.05, 0.1) is 5.69 Å². The van der Waals surface area contributed by atoms with Crippen LogP contribution in [0.1, 0.15) is 11.3 Å². The molecule has 0 unspecified atom stereocenters. The zero-order valence-corrected chi connectivity index (χ0v) is 13.1. The lowest BCUT2D eigenvalue weighted by Gasteiger charge is -2.10. The Balaban J connectivity index is 2.08. The first-order valence-corrected chi connectivity index (χ1v) is 7.63. The minimum absolute atomic E-state index is 0.0459. The van der Waals surface area contributed by atoms with Gasteiger partial charge in [-0.1, -0.05) is 42.5 Å². The summed E-state index contributed by atoms with van der Waals surface area (Å²) in [4.78, 5) is 17.3. The Bertz CT molecular complexity index is 1100. The molecule has 0 fully saturated rings. The highest BCUT2D eigenvalue weighted by atomic mass is 16.1. The molecule has 0 aliphatic heterocycles. The number of pyridine rings is 1. The van der Waals surface area contributed by atoms with Crippen LogP contribution in [0.3, 0.4) is 0 Å². The highest BCUT2D eigenvalue weighted by Gasteiger charge is 2.09. The van der Waals surface area contributed by atoms with Gasteiger partial charge in [0.1, 0.15) is 5.65 Å². The third-order valence-electron chi connectivity index (χ3n) is 4.16. The van der Waals surface area contributed by atoms with Crippen LogP contribution in [0.4, 0.5) is 0 Å². The van der Waals surface area contributed by atoms with Gasteiger partial charge in [-0.15, -0.1) is 0 Å². The summed E-state index contributed by atoms with van der Waals surface area (Å²) < 4.78 is 1.65. The number of nitrogens with zero attached hydrogens (tertiary/aromatic N) is 2. The van der Waals surface area contributed by atoms with Gasteiger partial charge in [-0.25, -0.2) is 4.98 Å². The fraction of sp³-hybridized carbons (Fsp3) is 0.100. The summed E-state index contributed by atoms with van der Waals surface area (Å²) in [5.74, 6) is 0. The molecule has 0 aliphatic rings. The van der Waals surface area contributed by atoms with Gasteiger partial charge >= 0.3 is 0 Å². The molecular formula is C20H16N2O. The minimum atomic E-state index is -0.0459. The van der Waals surface area contributed by atoms with E-state index in [2.05, 4.69) is 18.2 Å². The molecule has 0 saturated carbocycles. The number of fused-ring (bicyclic) bond motifs is 2. The van der Waals surface area contributed by atoms with E-state index in [9.17, 15) is 4.79 Å². The molecule has 0 saturated heterocycles. The minimum Gasteiger partial charge on any atom is -0.269 e. The average Bonchev–Trinajstić information content (AvgIpc) is 2.53. The third kappa shape index (κ3) is 2.21. The maximum absolute atomic E-state index is 12.6. The summed E-state index contributed by atoms with van der Waals surface area (Å²) in [7, 11) is 0. The fourth-order valence-corrected chi connectivity index (χ4v) is 3.18. The highest BCUT2D eigenvalue weighted by molar-refractivity contribution is 5.95. The monoisotopic (exact) mass is 300 g/mol. The zero-order chi connectivity index (χ0) is 16.0. The SMILES string of the molecule is Cc1cc(C)n2c(=O)cc(-c3cccc4ccccc34)nc2c1. The topological polar surface area (TPSA) is 34.4 Å². The van der Waals surface area contributed by atoms with E-state index in [1.165, 1.54) is 0 Å². The molecule has 4 aromatic rings. The molecule has 2 aromatic carbocycles. The molecule has 4 rings (SSSR count). The Kier molecular flexibility index (Phi) is 3.01. The summed E-state index contributed by atoms with van der Waals surface area (Å²) in [6.45, 7) is 3.95. The maximum atomic E-state index is 12.6. The fourth-order valence-electron chi connectivity index (χ4n) is 3.18. The van der Waals surface area contributed by atoms with Gasteiger partial charge in [0.15, 0.2) is 0 Å². The van der Waals surface area contributed by atoms with Gasteiger partial charge in [0.25, 0.3) is 5.56 Å². The Labute approximate surface area is 133 Å². The highest BCUT2D eigenvalue weighted by Crippen LogP contribution is 2.27. The number of aromatic nitrogens is 2. The van der Waals surface area contributed by atoms with E-state index < -0.39 is 0 Å². The number of benzene rings is 2. The molecule has 2 heterocycles. The van der Waals surface area contributed by atoms with Crippen molar-refractivity contribution in [3.05, 3.63) is 82.3 Å². The molecule has 3 nitrogen and oxygen atoms in total. The second kappa shape index (κ2) is 5.06. The van der Waals surface area contributed by atoms with Crippen LogP contribution >= 0.6 is 0 Å². The molecular weight excluding hydrogens is 284 g/mol.